The predicted octanol–water partition coefficient (Wildman–Crippen LogP) is 2.55. The molecule has 5 heteroatoms. The minimum absolute atomic E-state index is 0.121. The summed E-state index contributed by atoms with van der Waals surface area (Å²) in [6.45, 7) is 7.13. The lowest BCUT2D eigenvalue weighted by molar-refractivity contribution is -0.121. The Morgan fingerprint density at radius 2 is 2.00 bits per heavy atom. The van der Waals surface area contributed by atoms with E-state index in [1.807, 2.05) is 20.8 Å². The van der Waals surface area contributed by atoms with Crippen LogP contribution < -0.4 is 5.32 Å². The molecule has 0 radical (unpaired) electrons. The van der Waals surface area contributed by atoms with Crippen LogP contribution in [-0.2, 0) is 4.79 Å². The van der Waals surface area contributed by atoms with Crippen molar-refractivity contribution in [3.63, 3.8) is 0 Å². The van der Waals surface area contributed by atoms with Crippen molar-refractivity contribution in [2.75, 3.05) is 18.4 Å². The maximum Gasteiger partial charge on any atom is 0.241 e. The van der Waals surface area contributed by atoms with Gasteiger partial charge >= 0.3 is 0 Å². The Morgan fingerprint density at radius 1 is 1.36 bits per heavy atom. The number of amides is 1. The van der Waals surface area contributed by atoms with E-state index < -0.39 is 0 Å². The van der Waals surface area contributed by atoms with E-state index in [1.54, 1.807) is 6.07 Å². The summed E-state index contributed by atoms with van der Waals surface area (Å²) >= 11 is 0. The van der Waals surface area contributed by atoms with Crippen molar-refractivity contribution >= 4 is 11.6 Å². The number of aliphatic hydroxyl groups excluding tert-OH is 1. The summed E-state index contributed by atoms with van der Waals surface area (Å²) in [4.78, 5) is 14.5. The Bertz CT molecular complexity index is 525. The maximum absolute atomic E-state index is 13.3. The molecular weight excluding hydrogens is 283 g/mol. The number of carbonyl (C=O) groups excluding carboxylic acids is 1. The molecule has 1 heterocycles. The van der Waals surface area contributed by atoms with Crippen LogP contribution in [0.2, 0.25) is 0 Å². The number of aryl methyl sites for hydroxylation is 1. The molecule has 1 aromatic rings. The molecule has 2 rings (SSSR count). The highest BCUT2D eigenvalue weighted by atomic mass is 19.1. The van der Waals surface area contributed by atoms with Crippen molar-refractivity contribution in [2.45, 2.75) is 45.8 Å². The van der Waals surface area contributed by atoms with Gasteiger partial charge in [0.1, 0.15) is 5.82 Å². The molecule has 1 fully saturated rings. The number of halogens is 1. The Balaban J connectivity index is 1.94. The zero-order valence-corrected chi connectivity index (χ0v) is 13.5. The highest BCUT2D eigenvalue weighted by Gasteiger charge is 2.28. The van der Waals surface area contributed by atoms with Gasteiger partial charge in [-0.05, 0) is 70.3 Å². The average Bonchev–Trinajstić information content (AvgIpc) is 2.50. The molecule has 2 N–H and O–H groups in total. The van der Waals surface area contributed by atoms with Crippen LogP contribution in [0.25, 0.3) is 0 Å². The van der Waals surface area contributed by atoms with E-state index in [2.05, 4.69) is 10.2 Å². The van der Waals surface area contributed by atoms with Crippen LogP contribution >= 0.6 is 0 Å². The first-order chi connectivity index (χ1) is 10.4. The Morgan fingerprint density at radius 3 is 2.59 bits per heavy atom. The molecule has 0 bridgehead atoms. The first-order valence-corrected chi connectivity index (χ1v) is 7.87. The third kappa shape index (κ3) is 4.05. The molecule has 2 atom stereocenters. The number of nitrogens with one attached hydrogen (secondary N) is 1. The van der Waals surface area contributed by atoms with Gasteiger partial charge in [-0.15, -0.1) is 0 Å². The van der Waals surface area contributed by atoms with E-state index in [1.165, 1.54) is 12.1 Å². The SMILES string of the molecule is Cc1ccc(F)cc1NC(=O)C(C)N1CCC(C(C)O)CC1. The van der Waals surface area contributed by atoms with Crippen LogP contribution in [0.5, 0.6) is 0 Å². The lowest BCUT2D eigenvalue weighted by Gasteiger charge is -2.36. The van der Waals surface area contributed by atoms with E-state index in [0.29, 0.717) is 11.6 Å². The number of hydrogen-bond acceptors (Lipinski definition) is 3. The van der Waals surface area contributed by atoms with Crippen LogP contribution in [0, 0.1) is 18.7 Å². The summed E-state index contributed by atoms with van der Waals surface area (Å²) in [5.41, 5.74) is 1.37. The highest BCUT2D eigenvalue weighted by Crippen LogP contribution is 2.23. The number of likely N-dealkylation sites (tertiary alicyclic amines) is 1. The van der Waals surface area contributed by atoms with E-state index in [4.69, 9.17) is 0 Å². The fourth-order valence-electron chi connectivity index (χ4n) is 2.92. The van der Waals surface area contributed by atoms with Gasteiger partial charge in [0.15, 0.2) is 0 Å². The second-order valence-electron chi connectivity index (χ2n) is 6.24. The Labute approximate surface area is 131 Å². The van der Waals surface area contributed by atoms with Gasteiger partial charge in [0.25, 0.3) is 0 Å². The fraction of sp³-hybridized carbons (Fsp3) is 0.588. The van der Waals surface area contributed by atoms with Crippen LogP contribution in [-0.4, -0.2) is 41.1 Å². The predicted molar refractivity (Wildman–Crippen MR) is 85.2 cm³/mol. The van der Waals surface area contributed by atoms with Gasteiger partial charge in [-0.2, -0.15) is 0 Å². The zero-order chi connectivity index (χ0) is 16.3. The molecular formula is C17H25FN2O2. The van der Waals surface area contributed by atoms with Gasteiger partial charge in [-0.3, -0.25) is 9.69 Å². The van der Waals surface area contributed by atoms with Gasteiger partial charge in [0, 0.05) is 5.69 Å². The smallest absolute Gasteiger partial charge is 0.241 e. The molecule has 1 aliphatic heterocycles. The summed E-state index contributed by atoms with van der Waals surface area (Å²) in [6, 6.07) is 4.12. The summed E-state index contributed by atoms with van der Waals surface area (Å²) in [5.74, 6) is -0.160. The third-order valence-corrected chi connectivity index (χ3v) is 4.64. The number of anilines is 1. The number of hydrogen-bond donors (Lipinski definition) is 2. The molecule has 0 spiro atoms. The fourth-order valence-corrected chi connectivity index (χ4v) is 2.92. The van der Waals surface area contributed by atoms with Gasteiger partial charge in [-0.1, -0.05) is 6.07 Å². The molecule has 122 valence electrons. The largest absolute Gasteiger partial charge is 0.393 e. The maximum atomic E-state index is 13.3. The summed E-state index contributed by atoms with van der Waals surface area (Å²) in [7, 11) is 0. The molecule has 1 aromatic carbocycles. The van der Waals surface area contributed by atoms with E-state index >= 15 is 0 Å². The van der Waals surface area contributed by atoms with Crippen molar-refractivity contribution in [3.8, 4) is 0 Å². The quantitative estimate of drug-likeness (QED) is 0.899. The molecule has 0 aromatic heterocycles. The summed E-state index contributed by atoms with van der Waals surface area (Å²) in [5, 5.41) is 12.4. The normalized spacial score (nSPS) is 19.7. The number of nitrogens with zero attached hydrogens (tertiary/aromatic N) is 1. The minimum atomic E-state index is -0.355. The number of benzene rings is 1. The minimum Gasteiger partial charge on any atom is -0.393 e. The molecule has 1 aliphatic rings. The van der Waals surface area contributed by atoms with E-state index in [-0.39, 0.29) is 23.9 Å². The summed E-state index contributed by atoms with van der Waals surface area (Å²) < 4.78 is 13.3. The standard InChI is InChI=1S/C17H25FN2O2/c1-11-4-5-15(18)10-16(11)19-17(22)12(2)20-8-6-14(7-9-20)13(3)21/h4-5,10,12-14,21H,6-9H2,1-3H3,(H,19,22). The van der Waals surface area contributed by atoms with Gasteiger partial charge in [0.2, 0.25) is 5.91 Å². The summed E-state index contributed by atoms with van der Waals surface area (Å²) in [6.07, 6.45) is 1.50. The molecule has 22 heavy (non-hydrogen) atoms. The molecule has 1 saturated heterocycles. The monoisotopic (exact) mass is 308 g/mol. The topological polar surface area (TPSA) is 52.6 Å². The second kappa shape index (κ2) is 7.20. The number of aliphatic hydroxyl groups is 1. The first kappa shape index (κ1) is 16.9. The highest BCUT2D eigenvalue weighted by molar-refractivity contribution is 5.95. The second-order valence-corrected chi connectivity index (χ2v) is 6.24. The number of rotatable bonds is 4. The van der Waals surface area contributed by atoms with E-state index in [9.17, 15) is 14.3 Å². The van der Waals surface area contributed by atoms with E-state index in [0.717, 1.165) is 31.5 Å². The molecule has 4 nitrogen and oxygen atoms in total. The lowest BCUT2D eigenvalue weighted by atomic mass is 9.91. The zero-order valence-electron chi connectivity index (χ0n) is 13.5. The lowest BCUT2D eigenvalue weighted by Crippen LogP contribution is -2.47. The van der Waals surface area contributed by atoms with Crippen molar-refractivity contribution in [1.82, 2.24) is 4.90 Å². The van der Waals surface area contributed by atoms with Crippen molar-refractivity contribution < 1.29 is 14.3 Å². The van der Waals surface area contributed by atoms with Crippen LogP contribution in [0.3, 0.4) is 0 Å². The molecule has 0 aliphatic carbocycles. The Kier molecular flexibility index (Phi) is 5.53. The first-order valence-electron chi connectivity index (χ1n) is 7.87. The molecule has 2 unspecified atom stereocenters. The van der Waals surface area contributed by atoms with Crippen LogP contribution in [0.15, 0.2) is 18.2 Å². The van der Waals surface area contributed by atoms with Crippen molar-refractivity contribution in [2.24, 2.45) is 5.92 Å². The molecule has 1 amide bonds. The van der Waals surface area contributed by atoms with Crippen molar-refractivity contribution in [3.05, 3.63) is 29.6 Å². The van der Waals surface area contributed by atoms with Gasteiger partial charge in [-0.25, -0.2) is 4.39 Å². The Hall–Kier alpha value is -1.46. The number of carbonyl (C=O) groups is 1. The van der Waals surface area contributed by atoms with Gasteiger partial charge in [0.05, 0.1) is 12.1 Å². The van der Waals surface area contributed by atoms with Gasteiger partial charge < -0.3 is 10.4 Å². The number of piperidine rings is 1. The van der Waals surface area contributed by atoms with Crippen LogP contribution in [0.4, 0.5) is 10.1 Å². The third-order valence-electron chi connectivity index (χ3n) is 4.64. The van der Waals surface area contributed by atoms with Crippen molar-refractivity contribution in [1.29, 1.82) is 0 Å². The van der Waals surface area contributed by atoms with Crippen LogP contribution in [0.1, 0.15) is 32.3 Å². The molecule has 0 saturated carbocycles. The average molecular weight is 308 g/mol.